The van der Waals surface area contributed by atoms with Gasteiger partial charge in [0.15, 0.2) is 5.96 Å². The number of rotatable bonds is 6. The Hall–Kier alpha value is -1.21. The second-order valence-electron chi connectivity index (χ2n) is 5.95. The molecular weight excluding hydrogens is 388 g/mol. The molecule has 0 spiro atoms. The summed E-state index contributed by atoms with van der Waals surface area (Å²) in [5.41, 5.74) is 1.13. The number of aliphatic imine (C=N–C) groups is 1. The Bertz CT molecular complexity index is 556. The minimum atomic E-state index is 0.0309. The lowest BCUT2D eigenvalue weighted by Gasteiger charge is -2.16. The van der Waals surface area contributed by atoms with Crippen LogP contribution < -0.4 is 10.6 Å². The number of nitrogens with zero attached hydrogens (tertiary/aromatic N) is 2. The normalized spacial score (nSPS) is 17.6. The van der Waals surface area contributed by atoms with Gasteiger partial charge in [-0.2, -0.15) is 11.8 Å². The Kier molecular flexibility index (Phi) is 7.91. The summed E-state index contributed by atoms with van der Waals surface area (Å²) >= 11 is 5.44. The maximum atomic E-state index is 11.8. The molecule has 24 heavy (non-hydrogen) atoms. The molecule has 1 amide bonds. The zero-order valence-corrected chi connectivity index (χ0v) is 16.6. The van der Waals surface area contributed by atoms with Gasteiger partial charge in [-0.15, -0.1) is 0 Å². The lowest BCUT2D eigenvalue weighted by Crippen LogP contribution is -2.44. The molecule has 1 aliphatic heterocycles. The van der Waals surface area contributed by atoms with Crippen LogP contribution in [0.4, 0.5) is 0 Å². The van der Waals surface area contributed by atoms with E-state index in [1.54, 1.807) is 19.0 Å². The number of hydrogen-bond acceptors (Lipinski definition) is 3. The number of thioether (sulfide) groups is 1. The van der Waals surface area contributed by atoms with Crippen LogP contribution in [-0.4, -0.2) is 55.0 Å². The lowest BCUT2D eigenvalue weighted by atomic mass is 10.2. The maximum absolute atomic E-state index is 11.8. The summed E-state index contributed by atoms with van der Waals surface area (Å²) in [6.45, 7) is 1.71. The van der Waals surface area contributed by atoms with Crippen molar-refractivity contribution in [2.45, 2.75) is 24.6 Å². The van der Waals surface area contributed by atoms with Crippen LogP contribution in [0.15, 0.2) is 33.7 Å². The van der Waals surface area contributed by atoms with Gasteiger partial charge in [-0.25, -0.2) is 4.99 Å². The van der Waals surface area contributed by atoms with Crippen LogP contribution in [0.3, 0.4) is 0 Å². The topological polar surface area (TPSA) is 56.7 Å². The van der Waals surface area contributed by atoms with Gasteiger partial charge in [0, 0.05) is 30.4 Å². The van der Waals surface area contributed by atoms with Crippen LogP contribution in [0.25, 0.3) is 0 Å². The van der Waals surface area contributed by atoms with Crippen molar-refractivity contribution in [2.75, 3.05) is 32.9 Å². The van der Waals surface area contributed by atoms with E-state index < -0.39 is 0 Å². The van der Waals surface area contributed by atoms with Crippen LogP contribution in [0.2, 0.25) is 0 Å². The third-order valence-corrected chi connectivity index (χ3v) is 5.69. The lowest BCUT2D eigenvalue weighted by molar-refractivity contribution is -0.127. The van der Waals surface area contributed by atoms with Crippen molar-refractivity contribution >= 4 is 39.6 Å². The Morgan fingerprint density at radius 2 is 2.08 bits per heavy atom. The van der Waals surface area contributed by atoms with Gasteiger partial charge in [-0.05, 0) is 36.3 Å². The number of carbonyl (C=O) groups excluding carboxylic acids is 1. The van der Waals surface area contributed by atoms with Crippen molar-refractivity contribution in [3.05, 3.63) is 34.3 Å². The van der Waals surface area contributed by atoms with E-state index in [1.807, 2.05) is 36.0 Å². The van der Waals surface area contributed by atoms with Crippen LogP contribution >= 0.6 is 27.7 Å². The Morgan fingerprint density at radius 3 is 2.71 bits per heavy atom. The number of benzene rings is 1. The molecule has 1 aromatic rings. The first-order valence-electron chi connectivity index (χ1n) is 8.13. The number of amides is 1. The van der Waals surface area contributed by atoms with Gasteiger partial charge in [-0.3, -0.25) is 4.79 Å². The summed E-state index contributed by atoms with van der Waals surface area (Å²) in [5.74, 6) is 1.97. The highest BCUT2D eigenvalue weighted by molar-refractivity contribution is 9.10. The van der Waals surface area contributed by atoms with Crippen LogP contribution in [-0.2, 0) is 11.3 Å². The third kappa shape index (κ3) is 6.73. The fourth-order valence-electron chi connectivity index (χ4n) is 2.27. The standard InChI is InChI=1S/C17H25BrN4OS/c1-22(2)16(23)12-21-17(20-11-15-4-3-9-24-15)19-10-13-5-7-14(18)8-6-13/h5-8,15H,3-4,9-12H2,1-2H3,(H2,19,20,21). The number of hydrogen-bond donors (Lipinski definition) is 2. The molecule has 1 aliphatic rings. The van der Waals surface area contributed by atoms with E-state index in [1.165, 1.54) is 18.6 Å². The van der Waals surface area contributed by atoms with E-state index in [-0.39, 0.29) is 12.5 Å². The van der Waals surface area contributed by atoms with Gasteiger partial charge < -0.3 is 15.5 Å². The van der Waals surface area contributed by atoms with Crippen LogP contribution in [0, 0.1) is 0 Å². The Balaban J connectivity index is 1.92. The van der Waals surface area contributed by atoms with Crippen molar-refractivity contribution in [1.82, 2.24) is 15.5 Å². The Morgan fingerprint density at radius 1 is 1.33 bits per heavy atom. The first-order valence-corrected chi connectivity index (χ1v) is 9.97. The molecular formula is C17H25BrN4OS. The molecule has 1 heterocycles. The molecule has 0 bridgehead atoms. The minimum Gasteiger partial charge on any atom is -0.355 e. The van der Waals surface area contributed by atoms with E-state index in [4.69, 9.17) is 0 Å². The van der Waals surface area contributed by atoms with Gasteiger partial charge in [0.2, 0.25) is 5.91 Å². The second-order valence-corrected chi connectivity index (χ2v) is 8.27. The van der Waals surface area contributed by atoms with Crippen LogP contribution in [0.1, 0.15) is 18.4 Å². The van der Waals surface area contributed by atoms with Crippen LogP contribution in [0.5, 0.6) is 0 Å². The number of likely N-dealkylation sites (N-methyl/N-ethyl adjacent to an activating group) is 1. The van der Waals surface area contributed by atoms with E-state index >= 15 is 0 Å². The highest BCUT2D eigenvalue weighted by atomic mass is 79.9. The summed E-state index contributed by atoms with van der Waals surface area (Å²) in [5, 5.41) is 7.14. The van der Waals surface area contributed by atoms with Crippen molar-refractivity contribution < 1.29 is 4.79 Å². The fourth-order valence-corrected chi connectivity index (χ4v) is 3.73. The quantitative estimate of drug-likeness (QED) is 0.556. The molecule has 0 radical (unpaired) electrons. The highest BCUT2D eigenvalue weighted by Crippen LogP contribution is 2.25. The summed E-state index contributed by atoms with van der Waals surface area (Å²) in [4.78, 5) is 18.0. The summed E-state index contributed by atoms with van der Waals surface area (Å²) in [6, 6.07) is 8.11. The SMILES string of the molecule is CN(C)C(=O)CNC(=NCc1ccc(Br)cc1)NCC1CCCS1. The van der Waals surface area contributed by atoms with Gasteiger partial charge in [-0.1, -0.05) is 28.1 Å². The third-order valence-electron chi connectivity index (χ3n) is 3.76. The summed E-state index contributed by atoms with van der Waals surface area (Å²) < 4.78 is 1.06. The molecule has 5 nitrogen and oxygen atoms in total. The van der Waals surface area contributed by atoms with Crippen molar-refractivity contribution in [3.8, 4) is 0 Å². The fraction of sp³-hybridized carbons (Fsp3) is 0.529. The molecule has 1 saturated heterocycles. The molecule has 132 valence electrons. The van der Waals surface area contributed by atoms with E-state index in [9.17, 15) is 4.79 Å². The van der Waals surface area contributed by atoms with Gasteiger partial charge >= 0.3 is 0 Å². The first-order chi connectivity index (χ1) is 11.5. The number of carbonyl (C=O) groups is 1. The van der Waals surface area contributed by atoms with Crippen molar-refractivity contribution in [3.63, 3.8) is 0 Å². The predicted molar refractivity (Wildman–Crippen MR) is 105 cm³/mol. The Labute approximate surface area is 156 Å². The zero-order chi connectivity index (χ0) is 17.4. The van der Waals surface area contributed by atoms with Gasteiger partial charge in [0.1, 0.15) is 0 Å². The molecule has 2 N–H and O–H groups in total. The van der Waals surface area contributed by atoms with Gasteiger partial charge in [0.25, 0.3) is 0 Å². The van der Waals surface area contributed by atoms with E-state index in [2.05, 4.69) is 31.6 Å². The average Bonchev–Trinajstić information content (AvgIpc) is 3.08. The van der Waals surface area contributed by atoms with Crippen molar-refractivity contribution in [1.29, 1.82) is 0 Å². The molecule has 1 aromatic carbocycles. The highest BCUT2D eigenvalue weighted by Gasteiger charge is 2.16. The second kappa shape index (κ2) is 9.93. The monoisotopic (exact) mass is 412 g/mol. The molecule has 0 aliphatic carbocycles. The summed E-state index contributed by atoms with van der Waals surface area (Å²) in [7, 11) is 3.51. The van der Waals surface area contributed by atoms with E-state index in [0.717, 1.165) is 16.6 Å². The molecule has 1 unspecified atom stereocenters. The largest absolute Gasteiger partial charge is 0.355 e. The minimum absolute atomic E-state index is 0.0309. The number of halogens is 1. The zero-order valence-electron chi connectivity index (χ0n) is 14.2. The molecule has 1 fully saturated rings. The smallest absolute Gasteiger partial charge is 0.241 e. The maximum Gasteiger partial charge on any atom is 0.241 e. The van der Waals surface area contributed by atoms with E-state index in [0.29, 0.717) is 17.8 Å². The summed E-state index contributed by atoms with van der Waals surface area (Å²) in [6.07, 6.45) is 2.53. The number of guanidine groups is 1. The molecule has 7 heteroatoms. The average molecular weight is 413 g/mol. The molecule has 0 saturated carbocycles. The molecule has 0 aromatic heterocycles. The molecule has 1 atom stereocenters. The van der Waals surface area contributed by atoms with Gasteiger partial charge in [0.05, 0.1) is 13.1 Å². The molecule has 2 rings (SSSR count). The van der Waals surface area contributed by atoms with Crippen molar-refractivity contribution in [2.24, 2.45) is 4.99 Å². The first kappa shape index (κ1) is 19.1. The number of nitrogens with one attached hydrogen (secondary N) is 2. The predicted octanol–water partition coefficient (Wildman–Crippen LogP) is 2.47.